The maximum atomic E-state index is 13.8. The van der Waals surface area contributed by atoms with Crippen LogP contribution in [-0.4, -0.2) is 29.7 Å². The first-order valence-corrected chi connectivity index (χ1v) is 29.1. The summed E-state index contributed by atoms with van der Waals surface area (Å²) in [4.78, 5) is 41.9. The number of aromatic amines is 2. The van der Waals surface area contributed by atoms with E-state index < -0.39 is 18.4 Å². The maximum absolute atomic E-state index is 13.8. The third-order valence-electron chi connectivity index (χ3n) is 16.6. The first-order valence-electron chi connectivity index (χ1n) is 27.5. The molecule has 6 heterocycles. The Morgan fingerprint density at radius 2 is 0.759 bits per heavy atom. The number of ether oxygens (including phenoxy) is 1. The highest BCUT2D eigenvalue weighted by atomic mass is 31.2. The van der Waals surface area contributed by atoms with Gasteiger partial charge >= 0.3 is 7.60 Å². The molecule has 0 radical (unpaired) electrons. The molecule has 0 amide bonds. The van der Waals surface area contributed by atoms with Crippen molar-refractivity contribution in [2.75, 3.05) is 0 Å². The molecule has 8 nitrogen and oxygen atoms in total. The molecular formula is C70H73N4O4P. The number of aromatic nitrogens is 4. The van der Waals surface area contributed by atoms with Crippen LogP contribution in [0.5, 0.6) is 11.5 Å². The van der Waals surface area contributed by atoms with Crippen molar-refractivity contribution in [2.45, 2.75) is 134 Å². The van der Waals surface area contributed by atoms with Gasteiger partial charge in [-0.05, 0) is 195 Å². The van der Waals surface area contributed by atoms with Crippen LogP contribution in [0, 0.1) is 62.3 Å². The van der Waals surface area contributed by atoms with Gasteiger partial charge in [-0.3, -0.25) is 4.57 Å². The van der Waals surface area contributed by atoms with Crippen molar-refractivity contribution in [1.29, 1.82) is 0 Å². The third kappa shape index (κ3) is 9.16. The molecule has 4 N–H and O–H groups in total. The van der Waals surface area contributed by atoms with Gasteiger partial charge in [0.25, 0.3) is 0 Å². The number of aryl methyl sites for hydroxylation is 9. The summed E-state index contributed by atoms with van der Waals surface area (Å²) in [5.74, 6) is 0.717. The SMILES string of the molecule is Cc1cc(C)c(-c2c3nc(c(-c4c(C)cc(C)cc4C)c4ccc([nH]4)c(-c4c(C)cc(C)cc4C)c4nc(c(-c5cc(C(C)(C)C)cc6c5Oc5c(cc(C(C)(C)C)cc5P(=O)(O)O)C6(C)C)c5ccc2[nH]5)C=C4)C=C3)c(C)c1. The molecule has 402 valence electrons. The van der Waals surface area contributed by atoms with Gasteiger partial charge in [0, 0.05) is 66.4 Å². The number of benzene rings is 5. The van der Waals surface area contributed by atoms with Crippen LogP contribution in [-0.2, 0) is 20.8 Å². The fourth-order valence-electron chi connectivity index (χ4n) is 12.9. The Morgan fingerprint density at radius 3 is 1.10 bits per heavy atom. The van der Waals surface area contributed by atoms with E-state index >= 15 is 0 Å². The summed E-state index contributed by atoms with van der Waals surface area (Å²) in [6, 6.07) is 30.4. The molecule has 8 bridgehead atoms. The Kier molecular flexibility index (Phi) is 12.6. The molecule has 0 saturated heterocycles. The molecule has 0 saturated carbocycles. The second-order valence-corrected chi connectivity index (χ2v) is 26.9. The quantitative estimate of drug-likeness (QED) is 0.127. The summed E-state index contributed by atoms with van der Waals surface area (Å²) < 4.78 is 21.0. The van der Waals surface area contributed by atoms with Crippen LogP contribution in [0.1, 0.15) is 150 Å². The maximum Gasteiger partial charge on any atom is 0.360 e. The van der Waals surface area contributed by atoms with Gasteiger partial charge in [-0.15, -0.1) is 0 Å². The van der Waals surface area contributed by atoms with Crippen molar-refractivity contribution in [1.82, 2.24) is 19.9 Å². The van der Waals surface area contributed by atoms with Gasteiger partial charge in [0.1, 0.15) is 16.8 Å². The molecule has 3 aliphatic heterocycles. The van der Waals surface area contributed by atoms with E-state index in [1.807, 2.05) is 0 Å². The standard InChI is InChI=1S/C70H73N4O4P/c1-36-26-39(4)59(40(5)27-36)63-52-20-18-50(71-52)62(47-32-45(68(10,11)12)33-48-66(47)78-67-49(70(48,16)17)34-46(69(13,14)15)35-58(67)79(75,76)77)51-19-21-53(72-51)64(60-41(6)28-37(2)29-42(60)7)55-23-25-57(74-55)65(56-24-22-54(63)73-56)61-43(8)30-38(3)31-44(61)9/h18-35,71,74H,1-17H3,(H2,75,76,77). The van der Waals surface area contributed by atoms with Gasteiger partial charge in [-0.2, -0.15) is 0 Å². The van der Waals surface area contributed by atoms with E-state index in [9.17, 15) is 14.4 Å². The van der Waals surface area contributed by atoms with Gasteiger partial charge in [0.05, 0.1) is 22.8 Å². The lowest BCUT2D eigenvalue weighted by atomic mass is 9.71. The highest BCUT2D eigenvalue weighted by Gasteiger charge is 2.42. The molecule has 0 atom stereocenters. The number of fused-ring (bicyclic) bond motifs is 10. The van der Waals surface area contributed by atoms with Gasteiger partial charge in [0.15, 0.2) is 0 Å². The van der Waals surface area contributed by atoms with Crippen LogP contribution in [0.2, 0.25) is 0 Å². The van der Waals surface area contributed by atoms with Gasteiger partial charge < -0.3 is 24.5 Å². The van der Waals surface area contributed by atoms with E-state index in [0.717, 1.165) is 128 Å². The minimum atomic E-state index is -4.87. The number of nitrogens with zero attached hydrogens (tertiary/aromatic N) is 2. The molecule has 0 fully saturated rings. The summed E-state index contributed by atoms with van der Waals surface area (Å²) >= 11 is 0. The highest BCUT2D eigenvalue weighted by Crippen LogP contribution is 2.56. The monoisotopic (exact) mass is 1060 g/mol. The minimum absolute atomic E-state index is 0.121. The second kappa shape index (κ2) is 18.6. The Balaban J connectivity index is 1.36. The summed E-state index contributed by atoms with van der Waals surface area (Å²) in [6.45, 7) is 36.7. The largest absolute Gasteiger partial charge is 0.455 e. The van der Waals surface area contributed by atoms with Crippen LogP contribution in [0.4, 0.5) is 0 Å². The number of hydrogen-bond donors (Lipinski definition) is 4. The molecule has 3 aliphatic rings. The molecular weight excluding hydrogens is 992 g/mol. The van der Waals surface area contributed by atoms with Crippen molar-refractivity contribution in [3.8, 4) is 56.0 Å². The van der Waals surface area contributed by atoms with E-state index in [-0.39, 0.29) is 16.5 Å². The van der Waals surface area contributed by atoms with Crippen LogP contribution < -0.4 is 10.0 Å². The van der Waals surface area contributed by atoms with Crippen molar-refractivity contribution in [2.24, 2.45) is 0 Å². The predicted molar refractivity (Wildman–Crippen MR) is 331 cm³/mol. The van der Waals surface area contributed by atoms with Crippen molar-refractivity contribution in [3.05, 3.63) is 180 Å². The van der Waals surface area contributed by atoms with Gasteiger partial charge in [-0.1, -0.05) is 121 Å². The van der Waals surface area contributed by atoms with Crippen LogP contribution in [0.3, 0.4) is 0 Å². The number of rotatable bonds is 5. The van der Waals surface area contributed by atoms with Crippen molar-refractivity contribution in [3.63, 3.8) is 0 Å². The molecule has 0 unspecified atom stereocenters. The van der Waals surface area contributed by atoms with Crippen molar-refractivity contribution >= 4 is 59.3 Å². The van der Waals surface area contributed by atoms with Gasteiger partial charge in [0.2, 0.25) is 0 Å². The normalized spacial score (nSPS) is 13.9. The molecule has 8 aromatic rings. The number of nitrogens with one attached hydrogen (secondary N) is 2. The topological polar surface area (TPSA) is 124 Å². The number of H-pyrrole nitrogens is 2. The Labute approximate surface area is 466 Å². The smallest absolute Gasteiger partial charge is 0.360 e. The minimum Gasteiger partial charge on any atom is -0.455 e. The molecule has 5 aromatic carbocycles. The fourth-order valence-corrected chi connectivity index (χ4v) is 13.6. The summed E-state index contributed by atoms with van der Waals surface area (Å²) in [5, 5.41) is -0.121. The molecule has 79 heavy (non-hydrogen) atoms. The molecule has 0 aliphatic carbocycles. The van der Waals surface area contributed by atoms with Crippen molar-refractivity contribution < 1.29 is 19.1 Å². The summed E-state index contributed by atoms with van der Waals surface area (Å²) in [5.41, 5.74) is 27.1. The van der Waals surface area contributed by atoms with E-state index in [1.54, 1.807) is 6.07 Å². The average Bonchev–Trinajstić information content (AvgIpc) is 4.26. The molecule has 11 rings (SSSR count). The third-order valence-corrected chi connectivity index (χ3v) is 17.5. The highest BCUT2D eigenvalue weighted by molar-refractivity contribution is 7.60. The lowest BCUT2D eigenvalue weighted by molar-refractivity contribution is 0.381. The fraction of sp³-hybridized carbons (Fsp3) is 0.286. The lowest BCUT2D eigenvalue weighted by Crippen LogP contribution is -2.30. The Morgan fingerprint density at radius 1 is 0.443 bits per heavy atom. The second-order valence-electron chi connectivity index (χ2n) is 25.4. The van der Waals surface area contributed by atoms with Crippen LogP contribution in [0.15, 0.2) is 84.9 Å². The lowest BCUT2D eigenvalue weighted by Gasteiger charge is -2.39. The zero-order chi connectivity index (χ0) is 56.7. The zero-order valence-electron chi connectivity index (χ0n) is 48.9. The zero-order valence-corrected chi connectivity index (χ0v) is 49.8. The molecule has 0 spiro atoms. The van der Waals surface area contributed by atoms with E-state index in [4.69, 9.17) is 14.7 Å². The summed E-state index contributed by atoms with van der Waals surface area (Å²) in [7, 11) is -4.87. The average molecular weight is 1070 g/mol. The molecule has 3 aromatic heterocycles. The summed E-state index contributed by atoms with van der Waals surface area (Å²) in [6.07, 6.45) is 8.58. The van der Waals surface area contributed by atoms with E-state index in [2.05, 4.69) is 231 Å². The van der Waals surface area contributed by atoms with Gasteiger partial charge in [-0.25, -0.2) is 9.97 Å². The first-order chi connectivity index (χ1) is 37.0. The Bertz CT molecular complexity index is 4130. The number of hydrogen-bond acceptors (Lipinski definition) is 4. The molecule has 9 heteroatoms. The Hall–Kier alpha value is -7.35. The first kappa shape index (κ1) is 53.6. The predicted octanol–water partition coefficient (Wildman–Crippen LogP) is 17.9. The van der Waals surface area contributed by atoms with E-state index in [1.165, 1.54) is 27.8 Å². The van der Waals surface area contributed by atoms with Crippen LogP contribution >= 0.6 is 7.60 Å². The van der Waals surface area contributed by atoms with Crippen LogP contribution in [0.25, 0.3) is 90.9 Å². The van der Waals surface area contributed by atoms with E-state index in [0.29, 0.717) is 11.4 Å².